The molecule has 0 radical (unpaired) electrons. The van der Waals surface area contributed by atoms with Crippen LogP contribution in [0.2, 0.25) is 0 Å². The summed E-state index contributed by atoms with van der Waals surface area (Å²) in [7, 11) is 0. The van der Waals surface area contributed by atoms with E-state index in [0.717, 1.165) is 23.4 Å². The van der Waals surface area contributed by atoms with Crippen molar-refractivity contribution in [3.8, 4) is 5.75 Å². The van der Waals surface area contributed by atoms with Crippen LogP contribution in [0, 0.1) is 0 Å². The smallest absolute Gasteiger partial charge is 0.254 e. The van der Waals surface area contributed by atoms with Crippen LogP contribution >= 0.6 is 0 Å². The summed E-state index contributed by atoms with van der Waals surface area (Å²) in [5, 5.41) is 23.0. The summed E-state index contributed by atoms with van der Waals surface area (Å²) in [6.45, 7) is 4.87. The minimum atomic E-state index is -1.83. The molecule has 0 spiro atoms. The Morgan fingerprint density at radius 3 is 2.25 bits per heavy atom. The van der Waals surface area contributed by atoms with Crippen molar-refractivity contribution in [2.24, 2.45) is 0 Å². The first-order valence-electron chi connectivity index (χ1n) is 10.9. The lowest BCUT2D eigenvalue weighted by Crippen LogP contribution is -2.55. The topological polar surface area (TPSA) is 102 Å². The highest BCUT2D eigenvalue weighted by Gasteiger charge is 2.34. The fourth-order valence-corrected chi connectivity index (χ4v) is 3.51. The van der Waals surface area contributed by atoms with Gasteiger partial charge in [-0.15, -0.1) is 0 Å². The van der Waals surface area contributed by atoms with E-state index in [2.05, 4.69) is 10.2 Å². The first kappa shape index (κ1) is 23.6. The van der Waals surface area contributed by atoms with Crippen LogP contribution in [0.15, 0.2) is 54.6 Å². The number of hydrogen-bond donors (Lipinski definition) is 3. The summed E-state index contributed by atoms with van der Waals surface area (Å²) >= 11 is 0. The van der Waals surface area contributed by atoms with E-state index in [9.17, 15) is 19.8 Å². The molecule has 2 amide bonds. The van der Waals surface area contributed by atoms with Gasteiger partial charge in [-0.25, -0.2) is 0 Å². The number of nitrogens with one attached hydrogen (secondary N) is 1. The van der Waals surface area contributed by atoms with Crippen molar-refractivity contribution in [2.75, 3.05) is 37.7 Å². The van der Waals surface area contributed by atoms with Crippen molar-refractivity contribution in [1.82, 2.24) is 10.2 Å². The van der Waals surface area contributed by atoms with Crippen molar-refractivity contribution in [2.45, 2.75) is 32.1 Å². The Hall–Kier alpha value is -3.10. The number of carbonyl (C=O) groups excluding carboxylic acids is 2. The summed E-state index contributed by atoms with van der Waals surface area (Å²) in [5.41, 5.74) is 1.89. The molecular weight excluding hydrogens is 410 g/mol. The van der Waals surface area contributed by atoms with Gasteiger partial charge in [-0.1, -0.05) is 37.3 Å². The number of carbonyl (C=O) groups is 2. The van der Waals surface area contributed by atoms with E-state index in [1.165, 1.54) is 4.90 Å². The largest absolute Gasteiger partial charge is 0.494 e. The Morgan fingerprint density at radius 2 is 1.62 bits per heavy atom. The Labute approximate surface area is 188 Å². The molecule has 2 aromatic carbocycles. The maximum Gasteiger partial charge on any atom is 0.254 e. The highest BCUT2D eigenvalue weighted by molar-refractivity contribution is 5.90. The summed E-state index contributed by atoms with van der Waals surface area (Å²) < 4.78 is 5.52. The summed E-state index contributed by atoms with van der Waals surface area (Å²) in [5.74, 6) is -0.687. The number of aliphatic hydroxyl groups excluding tert-OH is 2. The Bertz CT molecular complexity index is 867. The molecule has 3 rings (SSSR count). The van der Waals surface area contributed by atoms with Gasteiger partial charge >= 0.3 is 0 Å². The molecule has 172 valence electrons. The number of hydrogen-bond acceptors (Lipinski definition) is 6. The van der Waals surface area contributed by atoms with Gasteiger partial charge in [0, 0.05) is 38.4 Å². The molecule has 1 fully saturated rings. The van der Waals surface area contributed by atoms with Gasteiger partial charge in [0.05, 0.1) is 6.61 Å². The zero-order chi connectivity index (χ0) is 22.9. The molecule has 2 atom stereocenters. The van der Waals surface area contributed by atoms with E-state index in [1.807, 2.05) is 49.4 Å². The summed E-state index contributed by atoms with van der Waals surface area (Å²) in [4.78, 5) is 28.5. The molecular formula is C24H31N3O5. The quantitative estimate of drug-likeness (QED) is 0.540. The number of piperazine rings is 1. The van der Waals surface area contributed by atoms with Crippen LogP contribution in [0.5, 0.6) is 5.75 Å². The maximum atomic E-state index is 12.6. The number of benzene rings is 2. The van der Waals surface area contributed by atoms with Crippen LogP contribution in [0.1, 0.15) is 18.9 Å². The molecule has 1 aliphatic heterocycles. The maximum absolute atomic E-state index is 12.6. The lowest BCUT2D eigenvalue weighted by atomic mass is 10.1. The molecule has 8 heteroatoms. The van der Waals surface area contributed by atoms with Crippen molar-refractivity contribution in [1.29, 1.82) is 0 Å². The van der Waals surface area contributed by atoms with Gasteiger partial charge < -0.3 is 30.1 Å². The average molecular weight is 442 g/mol. The summed E-state index contributed by atoms with van der Waals surface area (Å²) in [6, 6.07) is 17.1. The van der Waals surface area contributed by atoms with Crippen LogP contribution < -0.4 is 15.0 Å². The molecule has 0 unspecified atom stereocenters. The Balaban J connectivity index is 1.45. The fourth-order valence-electron chi connectivity index (χ4n) is 3.51. The van der Waals surface area contributed by atoms with Crippen molar-refractivity contribution >= 4 is 17.5 Å². The normalized spacial score (nSPS) is 15.7. The third-order valence-electron chi connectivity index (χ3n) is 5.40. The zero-order valence-corrected chi connectivity index (χ0v) is 18.3. The van der Waals surface area contributed by atoms with Crippen LogP contribution in [0.4, 0.5) is 5.69 Å². The van der Waals surface area contributed by atoms with E-state index in [-0.39, 0.29) is 6.54 Å². The SMILES string of the molecule is CCCOc1ccc(CNC(=O)[C@H](O)[C@@H](O)C(=O)N2CCN(c3ccccc3)CC2)cc1. The van der Waals surface area contributed by atoms with E-state index in [0.29, 0.717) is 32.8 Å². The molecule has 2 aromatic rings. The van der Waals surface area contributed by atoms with Crippen LogP contribution in [-0.4, -0.2) is 71.9 Å². The highest BCUT2D eigenvalue weighted by Crippen LogP contribution is 2.16. The highest BCUT2D eigenvalue weighted by atomic mass is 16.5. The second-order valence-corrected chi connectivity index (χ2v) is 7.75. The second-order valence-electron chi connectivity index (χ2n) is 7.75. The molecule has 3 N–H and O–H groups in total. The molecule has 8 nitrogen and oxygen atoms in total. The van der Waals surface area contributed by atoms with Gasteiger partial charge in [-0.3, -0.25) is 9.59 Å². The molecule has 0 aromatic heterocycles. The number of anilines is 1. The van der Waals surface area contributed by atoms with Crippen molar-refractivity contribution in [3.63, 3.8) is 0 Å². The van der Waals surface area contributed by atoms with E-state index in [1.54, 1.807) is 12.1 Å². The molecule has 0 saturated carbocycles. The van der Waals surface area contributed by atoms with Gasteiger partial charge in [0.2, 0.25) is 0 Å². The molecule has 32 heavy (non-hydrogen) atoms. The van der Waals surface area contributed by atoms with E-state index in [4.69, 9.17) is 4.74 Å². The molecule has 1 aliphatic rings. The average Bonchev–Trinajstić information content (AvgIpc) is 2.86. The first-order valence-corrected chi connectivity index (χ1v) is 10.9. The second kappa shape index (κ2) is 11.5. The van der Waals surface area contributed by atoms with Gasteiger partial charge in [-0.2, -0.15) is 0 Å². The van der Waals surface area contributed by atoms with Gasteiger partial charge in [-0.05, 0) is 36.2 Å². The van der Waals surface area contributed by atoms with Gasteiger partial charge in [0.1, 0.15) is 5.75 Å². The Morgan fingerprint density at radius 1 is 0.969 bits per heavy atom. The molecule has 0 aliphatic carbocycles. The molecule has 0 bridgehead atoms. The van der Waals surface area contributed by atoms with Gasteiger partial charge in [0.15, 0.2) is 12.2 Å². The number of amides is 2. The number of para-hydroxylation sites is 1. The minimum Gasteiger partial charge on any atom is -0.494 e. The number of ether oxygens (including phenoxy) is 1. The monoisotopic (exact) mass is 441 g/mol. The number of rotatable bonds is 9. The standard InChI is InChI=1S/C24H31N3O5/c1-2-16-32-20-10-8-18(9-11-20)17-25-23(30)21(28)22(29)24(31)27-14-12-26(13-15-27)19-6-4-3-5-7-19/h3-11,21-22,28-29H,2,12-17H2,1H3,(H,25,30)/t21-,22-/m1/s1. The lowest BCUT2D eigenvalue weighted by molar-refractivity contribution is -0.153. The fraction of sp³-hybridized carbons (Fsp3) is 0.417. The first-order chi connectivity index (χ1) is 15.5. The summed E-state index contributed by atoms with van der Waals surface area (Å²) in [6.07, 6.45) is -2.72. The van der Waals surface area contributed by atoms with Crippen LogP contribution in [0.3, 0.4) is 0 Å². The van der Waals surface area contributed by atoms with Crippen molar-refractivity contribution in [3.05, 3.63) is 60.2 Å². The predicted octanol–water partition coefficient (Wildman–Crippen LogP) is 1.16. The third-order valence-corrected chi connectivity index (χ3v) is 5.40. The molecule has 1 saturated heterocycles. The van der Waals surface area contributed by atoms with E-state index < -0.39 is 24.0 Å². The van der Waals surface area contributed by atoms with E-state index >= 15 is 0 Å². The number of aliphatic hydroxyl groups is 2. The molecule has 1 heterocycles. The predicted molar refractivity (Wildman–Crippen MR) is 121 cm³/mol. The van der Waals surface area contributed by atoms with Gasteiger partial charge in [0.25, 0.3) is 11.8 Å². The zero-order valence-electron chi connectivity index (χ0n) is 18.3. The van der Waals surface area contributed by atoms with Crippen LogP contribution in [0.25, 0.3) is 0 Å². The number of nitrogens with zero attached hydrogens (tertiary/aromatic N) is 2. The van der Waals surface area contributed by atoms with Crippen molar-refractivity contribution < 1.29 is 24.5 Å². The Kier molecular flexibility index (Phi) is 8.47. The lowest BCUT2D eigenvalue weighted by Gasteiger charge is -2.37. The minimum absolute atomic E-state index is 0.167. The van der Waals surface area contributed by atoms with Crippen LogP contribution in [-0.2, 0) is 16.1 Å². The third kappa shape index (κ3) is 6.21.